The van der Waals surface area contributed by atoms with Gasteiger partial charge in [0.25, 0.3) is 0 Å². The summed E-state index contributed by atoms with van der Waals surface area (Å²) in [5, 5.41) is 0. The fourth-order valence-electron chi connectivity index (χ4n) is 2.55. The fourth-order valence-corrected chi connectivity index (χ4v) is 2.55. The zero-order valence-electron chi connectivity index (χ0n) is 17.2. The maximum absolute atomic E-state index is 12.1. The van der Waals surface area contributed by atoms with Crippen LogP contribution in [0, 0.1) is 20.8 Å². The van der Waals surface area contributed by atoms with Gasteiger partial charge in [0.1, 0.15) is 6.61 Å². The summed E-state index contributed by atoms with van der Waals surface area (Å²) >= 11 is 0. The summed E-state index contributed by atoms with van der Waals surface area (Å²) in [6, 6.07) is 4.78. The molecule has 8 heteroatoms. The summed E-state index contributed by atoms with van der Waals surface area (Å²) in [7, 11) is 0. The number of ether oxygens (including phenoxy) is 3. The van der Waals surface area contributed by atoms with Crippen LogP contribution in [0.15, 0.2) is 18.2 Å². The number of rotatable bonds is 7. The summed E-state index contributed by atoms with van der Waals surface area (Å²) in [6.45, 7) is 8.12. The van der Waals surface area contributed by atoms with Gasteiger partial charge in [0.15, 0.2) is 11.5 Å². The van der Waals surface area contributed by atoms with E-state index in [0.29, 0.717) is 12.1 Å². The van der Waals surface area contributed by atoms with Gasteiger partial charge in [-0.05, 0) is 44.9 Å². The van der Waals surface area contributed by atoms with Gasteiger partial charge in [0.05, 0.1) is 22.8 Å². The first-order chi connectivity index (χ1) is 13.7. The third kappa shape index (κ3) is 6.67. The molecule has 0 bridgehead atoms. The quantitative estimate of drug-likeness (QED) is 0.516. The number of esters is 3. The molecular formula is C21H24N2O6. The van der Waals surface area contributed by atoms with E-state index in [1.165, 1.54) is 19.9 Å². The number of carbonyl (C=O) groups is 3. The molecule has 8 nitrogen and oxygen atoms in total. The van der Waals surface area contributed by atoms with E-state index < -0.39 is 11.9 Å². The van der Waals surface area contributed by atoms with Crippen LogP contribution >= 0.6 is 0 Å². The first-order valence-electron chi connectivity index (χ1n) is 9.11. The topological polar surface area (TPSA) is 105 Å². The molecule has 1 heterocycles. The van der Waals surface area contributed by atoms with Gasteiger partial charge in [0.2, 0.25) is 0 Å². The lowest BCUT2D eigenvalue weighted by Gasteiger charge is -2.11. The highest BCUT2D eigenvalue weighted by Crippen LogP contribution is 2.29. The molecule has 29 heavy (non-hydrogen) atoms. The third-order valence-electron chi connectivity index (χ3n) is 4.08. The van der Waals surface area contributed by atoms with Crippen molar-refractivity contribution in [2.45, 2.75) is 54.1 Å². The number of nitrogens with zero attached hydrogens (tertiary/aromatic N) is 2. The average molecular weight is 400 g/mol. The van der Waals surface area contributed by atoms with Crippen molar-refractivity contribution in [1.82, 2.24) is 9.97 Å². The number of aromatic nitrogens is 2. The second-order valence-electron chi connectivity index (χ2n) is 6.56. The molecule has 0 unspecified atom stereocenters. The Labute approximate surface area is 169 Å². The highest BCUT2D eigenvalue weighted by Gasteiger charge is 2.13. The van der Waals surface area contributed by atoms with E-state index in [1.54, 1.807) is 12.1 Å². The first-order valence-corrected chi connectivity index (χ1v) is 9.11. The number of carbonyl (C=O) groups excluding carboxylic acids is 3. The Bertz CT molecular complexity index is 939. The fraction of sp³-hybridized carbons (Fsp3) is 0.381. The van der Waals surface area contributed by atoms with E-state index in [2.05, 4.69) is 9.97 Å². The first kappa shape index (κ1) is 22.0. The van der Waals surface area contributed by atoms with Crippen LogP contribution in [0.25, 0.3) is 0 Å². The maximum atomic E-state index is 12.1. The van der Waals surface area contributed by atoms with Gasteiger partial charge in [-0.2, -0.15) is 0 Å². The number of benzene rings is 1. The molecule has 0 aliphatic heterocycles. The summed E-state index contributed by atoms with van der Waals surface area (Å²) in [4.78, 5) is 43.3. The molecule has 0 amide bonds. The van der Waals surface area contributed by atoms with E-state index >= 15 is 0 Å². The Kier molecular flexibility index (Phi) is 7.41. The summed E-state index contributed by atoms with van der Waals surface area (Å²) < 4.78 is 15.4. The Balaban J connectivity index is 1.98. The lowest BCUT2D eigenvalue weighted by molar-refractivity contribution is -0.145. The van der Waals surface area contributed by atoms with Gasteiger partial charge < -0.3 is 14.2 Å². The van der Waals surface area contributed by atoms with Crippen molar-refractivity contribution in [3.8, 4) is 11.5 Å². The van der Waals surface area contributed by atoms with Crippen molar-refractivity contribution in [1.29, 1.82) is 0 Å². The molecule has 0 N–H and O–H groups in total. The minimum absolute atomic E-state index is 0.0584. The number of hydrogen-bond donors (Lipinski definition) is 0. The van der Waals surface area contributed by atoms with Crippen LogP contribution < -0.4 is 9.47 Å². The normalized spacial score (nSPS) is 10.4. The van der Waals surface area contributed by atoms with E-state index in [4.69, 9.17) is 14.2 Å². The van der Waals surface area contributed by atoms with Crippen molar-refractivity contribution < 1.29 is 28.6 Å². The van der Waals surface area contributed by atoms with Gasteiger partial charge in [-0.25, -0.2) is 0 Å². The van der Waals surface area contributed by atoms with E-state index in [1.807, 2.05) is 20.8 Å². The van der Waals surface area contributed by atoms with Crippen LogP contribution in [-0.2, 0) is 32.1 Å². The summed E-state index contributed by atoms with van der Waals surface area (Å²) in [5.41, 5.74) is 3.74. The highest BCUT2D eigenvalue weighted by atomic mass is 16.6. The van der Waals surface area contributed by atoms with Gasteiger partial charge in [0, 0.05) is 20.3 Å². The minimum Gasteiger partial charge on any atom is -0.459 e. The zero-order chi connectivity index (χ0) is 21.6. The van der Waals surface area contributed by atoms with Gasteiger partial charge in [-0.1, -0.05) is 6.07 Å². The molecule has 154 valence electrons. The standard InChI is InChI=1S/C21H24N2O6/c1-12-13(2)23-18(14(3)22-12)11-27-21(26)9-7-17-6-8-19(28-15(4)24)20(10-17)29-16(5)25/h6,8,10H,7,9,11H2,1-5H3. The second-order valence-corrected chi connectivity index (χ2v) is 6.56. The SMILES string of the molecule is CC(=O)Oc1ccc(CCC(=O)OCc2nc(C)c(C)nc2C)cc1OC(C)=O. The maximum Gasteiger partial charge on any atom is 0.308 e. The lowest BCUT2D eigenvalue weighted by Crippen LogP contribution is -2.10. The van der Waals surface area contributed by atoms with Crippen molar-refractivity contribution in [3.63, 3.8) is 0 Å². The van der Waals surface area contributed by atoms with E-state index in [9.17, 15) is 14.4 Å². The molecule has 0 radical (unpaired) electrons. The van der Waals surface area contributed by atoms with Crippen LogP contribution in [-0.4, -0.2) is 27.9 Å². The van der Waals surface area contributed by atoms with E-state index in [-0.39, 0.29) is 30.5 Å². The molecule has 0 saturated heterocycles. The van der Waals surface area contributed by atoms with Crippen LogP contribution in [0.1, 0.15) is 48.6 Å². The summed E-state index contributed by atoms with van der Waals surface area (Å²) in [6.07, 6.45) is 0.495. The monoisotopic (exact) mass is 400 g/mol. The zero-order valence-corrected chi connectivity index (χ0v) is 17.2. The van der Waals surface area contributed by atoms with Gasteiger partial charge >= 0.3 is 17.9 Å². The van der Waals surface area contributed by atoms with Crippen molar-refractivity contribution >= 4 is 17.9 Å². The molecule has 2 rings (SSSR count). The molecule has 0 fully saturated rings. The highest BCUT2D eigenvalue weighted by molar-refractivity contribution is 5.74. The molecule has 0 spiro atoms. The molecule has 0 saturated carbocycles. The predicted molar refractivity (Wildman–Crippen MR) is 103 cm³/mol. The van der Waals surface area contributed by atoms with Gasteiger partial charge in [-0.15, -0.1) is 0 Å². The summed E-state index contributed by atoms with van der Waals surface area (Å²) in [5.74, 6) is -1.19. The second kappa shape index (κ2) is 9.77. The van der Waals surface area contributed by atoms with Crippen LogP contribution in [0.3, 0.4) is 0 Å². The van der Waals surface area contributed by atoms with Crippen molar-refractivity contribution in [3.05, 3.63) is 46.5 Å². The Hall–Kier alpha value is -3.29. The molecule has 0 aliphatic rings. The van der Waals surface area contributed by atoms with Crippen LogP contribution in [0.5, 0.6) is 11.5 Å². The Morgan fingerprint density at radius 2 is 1.48 bits per heavy atom. The minimum atomic E-state index is -0.542. The molecular weight excluding hydrogens is 376 g/mol. The van der Waals surface area contributed by atoms with Crippen LogP contribution in [0.4, 0.5) is 0 Å². The molecule has 0 atom stereocenters. The molecule has 1 aromatic heterocycles. The Morgan fingerprint density at radius 3 is 2.14 bits per heavy atom. The molecule has 0 aliphatic carbocycles. The average Bonchev–Trinajstić information content (AvgIpc) is 2.63. The third-order valence-corrected chi connectivity index (χ3v) is 4.08. The molecule has 2 aromatic rings. The van der Waals surface area contributed by atoms with Crippen LogP contribution in [0.2, 0.25) is 0 Å². The molecule has 1 aromatic carbocycles. The lowest BCUT2D eigenvalue weighted by atomic mass is 10.1. The smallest absolute Gasteiger partial charge is 0.308 e. The number of aryl methyl sites for hydroxylation is 4. The van der Waals surface area contributed by atoms with E-state index in [0.717, 1.165) is 22.6 Å². The predicted octanol–water partition coefficient (Wildman–Crippen LogP) is 2.93. The largest absolute Gasteiger partial charge is 0.459 e. The number of hydrogen-bond acceptors (Lipinski definition) is 8. The Morgan fingerprint density at radius 1 is 0.862 bits per heavy atom. The van der Waals surface area contributed by atoms with Crippen molar-refractivity contribution in [2.75, 3.05) is 0 Å². The van der Waals surface area contributed by atoms with Crippen molar-refractivity contribution in [2.24, 2.45) is 0 Å². The van der Waals surface area contributed by atoms with Gasteiger partial charge in [-0.3, -0.25) is 24.4 Å².